The van der Waals surface area contributed by atoms with Crippen LogP contribution in [-0.2, 0) is 9.05 Å². The molecule has 0 aromatic heterocycles. The zero-order valence-electron chi connectivity index (χ0n) is 10.6. The molecule has 0 bridgehead atoms. The van der Waals surface area contributed by atoms with Gasteiger partial charge >= 0.3 is 0 Å². The molecule has 4 nitrogen and oxygen atoms in total. The number of halogens is 3. The van der Waals surface area contributed by atoms with Crippen LogP contribution < -0.4 is 4.74 Å². The van der Waals surface area contributed by atoms with Gasteiger partial charge in [0.1, 0.15) is 6.61 Å². The van der Waals surface area contributed by atoms with Crippen molar-refractivity contribution in [3.8, 4) is 5.75 Å². The van der Waals surface area contributed by atoms with Crippen molar-refractivity contribution in [2.75, 3.05) is 26.2 Å². The lowest BCUT2D eigenvalue weighted by Crippen LogP contribution is -2.25. The van der Waals surface area contributed by atoms with Crippen molar-refractivity contribution in [1.82, 2.24) is 4.90 Å². The van der Waals surface area contributed by atoms with Crippen molar-refractivity contribution in [2.45, 2.75) is 17.7 Å². The van der Waals surface area contributed by atoms with Gasteiger partial charge in [-0.25, -0.2) is 17.2 Å². The Labute approximate surface area is 120 Å². The van der Waals surface area contributed by atoms with Crippen LogP contribution in [0.5, 0.6) is 5.75 Å². The molecule has 0 amide bonds. The monoisotopic (exact) mass is 325 g/mol. The predicted octanol–water partition coefficient (Wildman–Crippen LogP) is 2.37. The van der Waals surface area contributed by atoms with Gasteiger partial charge in [0, 0.05) is 17.2 Å². The minimum atomic E-state index is -4.17. The maximum absolute atomic E-state index is 13.6. The highest BCUT2D eigenvalue weighted by Gasteiger charge is 2.19. The Morgan fingerprint density at radius 1 is 1.20 bits per heavy atom. The van der Waals surface area contributed by atoms with Crippen molar-refractivity contribution in [2.24, 2.45) is 0 Å². The van der Waals surface area contributed by atoms with Gasteiger partial charge in [-0.1, -0.05) is 0 Å². The van der Waals surface area contributed by atoms with E-state index in [4.69, 9.17) is 15.4 Å². The third kappa shape index (κ3) is 3.80. The van der Waals surface area contributed by atoms with Crippen molar-refractivity contribution >= 4 is 19.7 Å². The van der Waals surface area contributed by atoms with Gasteiger partial charge in [0.25, 0.3) is 9.05 Å². The summed E-state index contributed by atoms with van der Waals surface area (Å²) < 4.78 is 54.4. The standard InChI is InChI=1S/C12H14ClF2NO3S/c13-20(17,18)9-7-10(14)12(11(15)8-9)19-6-5-16-3-1-2-4-16/h7-8H,1-6H2. The maximum atomic E-state index is 13.6. The van der Waals surface area contributed by atoms with Crippen LogP contribution in [0.25, 0.3) is 0 Å². The minimum absolute atomic E-state index is 0.140. The second-order valence-corrected chi connectivity index (χ2v) is 7.12. The molecule has 1 fully saturated rings. The lowest BCUT2D eigenvalue weighted by atomic mass is 10.3. The summed E-state index contributed by atoms with van der Waals surface area (Å²) in [6.07, 6.45) is 2.23. The molecule has 0 radical (unpaired) electrons. The van der Waals surface area contributed by atoms with Crippen LogP contribution in [0, 0.1) is 11.6 Å². The van der Waals surface area contributed by atoms with Crippen molar-refractivity contribution in [3.63, 3.8) is 0 Å². The number of benzene rings is 1. The molecule has 112 valence electrons. The fraction of sp³-hybridized carbons (Fsp3) is 0.500. The highest BCUT2D eigenvalue weighted by Crippen LogP contribution is 2.27. The number of ether oxygens (including phenoxy) is 1. The van der Waals surface area contributed by atoms with Crippen LogP contribution >= 0.6 is 10.7 Å². The summed E-state index contributed by atoms with van der Waals surface area (Å²) in [5.41, 5.74) is 0. The van der Waals surface area contributed by atoms with Gasteiger partial charge in [-0.2, -0.15) is 0 Å². The Bertz CT molecular complexity index is 565. The van der Waals surface area contributed by atoms with Gasteiger partial charge < -0.3 is 4.74 Å². The number of likely N-dealkylation sites (tertiary alicyclic amines) is 1. The number of hydrogen-bond acceptors (Lipinski definition) is 4. The molecule has 1 aromatic rings. The van der Waals surface area contributed by atoms with Crippen LogP contribution in [0.15, 0.2) is 17.0 Å². The summed E-state index contributed by atoms with van der Waals surface area (Å²) in [6.45, 7) is 2.63. The van der Waals surface area contributed by atoms with E-state index in [1.807, 2.05) is 0 Å². The molecule has 0 atom stereocenters. The fourth-order valence-corrected chi connectivity index (χ4v) is 2.85. The molecule has 0 spiro atoms. The van der Waals surface area contributed by atoms with Crippen LogP contribution in [0.3, 0.4) is 0 Å². The molecular formula is C12H14ClF2NO3S. The van der Waals surface area contributed by atoms with Crippen molar-refractivity contribution in [1.29, 1.82) is 0 Å². The van der Waals surface area contributed by atoms with E-state index in [1.54, 1.807) is 0 Å². The molecule has 0 unspecified atom stereocenters. The SMILES string of the molecule is O=S(=O)(Cl)c1cc(F)c(OCCN2CCCC2)c(F)c1. The third-order valence-corrected chi connectivity index (χ3v) is 4.44. The summed E-state index contributed by atoms with van der Waals surface area (Å²) in [5.74, 6) is -2.73. The largest absolute Gasteiger partial charge is 0.486 e. The van der Waals surface area contributed by atoms with Gasteiger partial charge in [-0.05, 0) is 38.1 Å². The maximum Gasteiger partial charge on any atom is 0.261 e. The van der Waals surface area contributed by atoms with Gasteiger partial charge in [-0.15, -0.1) is 0 Å². The van der Waals surface area contributed by atoms with Crippen LogP contribution in [0.1, 0.15) is 12.8 Å². The zero-order valence-corrected chi connectivity index (χ0v) is 12.2. The van der Waals surface area contributed by atoms with Crippen LogP contribution in [0.4, 0.5) is 8.78 Å². The van der Waals surface area contributed by atoms with Crippen molar-refractivity contribution in [3.05, 3.63) is 23.8 Å². The lowest BCUT2D eigenvalue weighted by molar-refractivity contribution is 0.223. The number of rotatable bonds is 5. The molecule has 0 aliphatic carbocycles. The Morgan fingerprint density at radius 3 is 2.25 bits per heavy atom. The predicted molar refractivity (Wildman–Crippen MR) is 70.6 cm³/mol. The van der Waals surface area contributed by atoms with Gasteiger partial charge in [-0.3, -0.25) is 4.90 Å². The number of hydrogen-bond donors (Lipinski definition) is 0. The molecule has 0 N–H and O–H groups in total. The van der Waals surface area contributed by atoms with Crippen molar-refractivity contribution < 1.29 is 21.9 Å². The van der Waals surface area contributed by atoms with Gasteiger partial charge in [0.15, 0.2) is 17.4 Å². The molecular weight excluding hydrogens is 312 g/mol. The smallest absolute Gasteiger partial charge is 0.261 e. The molecule has 8 heteroatoms. The average molecular weight is 326 g/mol. The van der Waals surface area contributed by atoms with E-state index in [1.165, 1.54) is 0 Å². The molecule has 1 aromatic carbocycles. The highest BCUT2D eigenvalue weighted by atomic mass is 35.7. The van der Waals surface area contributed by atoms with E-state index >= 15 is 0 Å². The first-order valence-electron chi connectivity index (χ1n) is 6.17. The van der Waals surface area contributed by atoms with Crippen LogP contribution in [0.2, 0.25) is 0 Å². The second-order valence-electron chi connectivity index (χ2n) is 4.55. The van der Waals surface area contributed by atoms with E-state index in [2.05, 4.69) is 4.90 Å². The normalized spacial score (nSPS) is 16.6. The molecule has 20 heavy (non-hydrogen) atoms. The zero-order chi connectivity index (χ0) is 14.8. The Balaban J connectivity index is 2.04. The summed E-state index contributed by atoms with van der Waals surface area (Å²) in [6, 6.07) is 1.30. The highest BCUT2D eigenvalue weighted by molar-refractivity contribution is 8.13. The quantitative estimate of drug-likeness (QED) is 0.780. The Kier molecular flexibility index (Phi) is 4.82. The lowest BCUT2D eigenvalue weighted by Gasteiger charge is -2.15. The van der Waals surface area contributed by atoms with E-state index in [0.29, 0.717) is 18.7 Å². The van der Waals surface area contributed by atoms with E-state index in [0.717, 1.165) is 25.9 Å². The van der Waals surface area contributed by atoms with E-state index < -0.39 is 31.3 Å². The van der Waals surface area contributed by atoms with Gasteiger partial charge in [0.05, 0.1) is 4.90 Å². The fourth-order valence-electron chi connectivity index (χ4n) is 2.10. The first-order valence-corrected chi connectivity index (χ1v) is 8.48. The molecule has 1 aliphatic rings. The van der Waals surface area contributed by atoms with Gasteiger partial charge in [0.2, 0.25) is 0 Å². The Morgan fingerprint density at radius 2 is 1.75 bits per heavy atom. The second kappa shape index (κ2) is 6.24. The molecule has 0 saturated carbocycles. The first-order chi connectivity index (χ1) is 9.38. The summed E-state index contributed by atoms with van der Waals surface area (Å²) >= 11 is 0. The molecule has 1 aliphatic heterocycles. The first kappa shape index (κ1) is 15.5. The number of nitrogens with zero attached hydrogens (tertiary/aromatic N) is 1. The summed E-state index contributed by atoms with van der Waals surface area (Å²) in [5, 5.41) is 0. The summed E-state index contributed by atoms with van der Waals surface area (Å²) in [7, 11) is 0.867. The average Bonchev–Trinajstić information content (AvgIpc) is 2.84. The van der Waals surface area contributed by atoms with Crippen LogP contribution in [-0.4, -0.2) is 39.6 Å². The topological polar surface area (TPSA) is 46.6 Å². The third-order valence-electron chi connectivity index (χ3n) is 3.11. The molecule has 2 rings (SSSR count). The Hall–Kier alpha value is -0.920. The molecule has 1 heterocycles. The minimum Gasteiger partial charge on any atom is -0.486 e. The van der Waals surface area contributed by atoms with E-state index in [9.17, 15) is 17.2 Å². The summed E-state index contributed by atoms with van der Waals surface area (Å²) in [4.78, 5) is 1.51. The molecule has 1 saturated heterocycles. The van der Waals surface area contributed by atoms with E-state index in [-0.39, 0.29) is 6.61 Å².